The van der Waals surface area contributed by atoms with Gasteiger partial charge >= 0.3 is 0 Å². The first-order valence-electron chi connectivity index (χ1n) is 6.16. The first-order chi connectivity index (χ1) is 9.87. The minimum absolute atomic E-state index is 0.0678. The van der Waals surface area contributed by atoms with Crippen molar-refractivity contribution < 1.29 is 9.50 Å². The van der Waals surface area contributed by atoms with Gasteiger partial charge in [0.05, 0.1) is 27.9 Å². The van der Waals surface area contributed by atoms with Crippen LogP contribution in [0.3, 0.4) is 0 Å². The lowest BCUT2D eigenvalue weighted by molar-refractivity contribution is 0.224. The quantitative estimate of drug-likeness (QED) is 0.753. The number of hydrogen-bond acceptors (Lipinski definition) is 2. The Hall–Kier alpha value is -1.00. The van der Waals surface area contributed by atoms with Crippen molar-refractivity contribution in [2.24, 2.45) is 0 Å². The summed E-state index contributed by atoms with van der Waals surface area (Å²) in [6.07, 6.45) is 0. The van der Waals surface area contributed by atoms with E-state index in [1.165, 1.54) is 12.1 Å². The fourth-order valence-electron chi connectivity index (χ4n) is 2.00. The van der Waals surface area contributed by atoms with Gasteiger partial charge in [-0.3, -0.25) is 0 Å². The molecule has 0 aliphatic heterocycles. The minimum atomic E-state index is -1.01. The SMILES string of the molecule is CC(CO)(Nc1ccccc1Cl)c1cc(F)c(Cl)cc1Cl. The molecule has 0 saturated heterocycles. The third-order valence-corrected chi connectivity index (χ3v) is 4.14. The van der Waals surface area contributed by atoms with E-state index in [4.69, 9.17) is 34.8 Å². The molecule has 0 fully saturated rings. The number of rotatable bonds is 4. The summed E-state index contributed by atoms with van der Waals surface area (Å²) in [6.45, 7) is 1.39. The molecule has 2 aromatic rings. The molecule has 0 spiro atoms. The normalized spacial score (nSPS) is 13.8. The second kappa shape index (κ2) is 6.41. The Balaban J connectivity index is 2.47. The van der Waals surface area contributed by atoms with Crippen LogP contribution >= 0.6 is 34.8 Å². The van der Waals surface area contributed by atoms with E-state index in [0.717, 1.165) is 0 Å². The topological polar surface area (TPSA) is 32.3 Å². The van der Waals surface area contributed by atoms with Crippen molar-refractivity contribution in [3.63, 3.8) is 0 Å². The van der Waals surface area contributed by atoms with Crippen LogP contribution in [-0.4, -0.2) is 11.7 Å². The molecule has 0 bridgehead atoms. The number of halogens is 4. The van der Waals surface area contributed by atoms with E-state index >= 15 is 0 Å². The molecule has 0 aliphatic carbocycles. The molecule has 0 aromatic heterocycles. The van der Waals surface area contributed by atoms with Crippen LogP contribution in [0.15, 0.2) is 36.4 Å². The van der Waals surface area contributed by atoms with Gasteiger partial charge < -0.3 is 10.4 Å². The van der Waals surface area contributed by atoms with Gasteiger partial charge in [0.2, 0.25) is 0 Å². The highest BCUT2D eigenvalue weighted by atomic mass is 35.5. The van der Waals surface area contributed by atoms with E-state index in [2.05, 4.69) is 5.32 Å². The number of para-hydroxylation sites is 1. The molecule has 6 heteroatoms. The summed E-state index contributed by atoms with van der Waals surface area (Å²) in [5.41, 5.74) is 0.00340. The van der Waals surface area contributed by atoms with E-state index < -0.39 is 11.4 Å². The Morgan fingerprint density at radius 2 is 1.76 bits per heavy atom. The van der Waals surface area contributed by atoms with Gasteiger partial charge in [0.15, 0.2) is 0 Å². The summed E-state index contributed by atoms with van der Waals surface area (Å²) in [7, 11) is 0. The first-order valence-corrected chi connectivity index (χ1v) is 7.29. The molecule has 21 heavy (non-hydrogen) atoms. The van der Waals surface area contributed by atoms with Crippen molar-refractivity contribution in [3.05, 3.63) is 62.8 Å². The zero-order valence-corrected chi connectivity index (χ0v) is 13.4. The van der Waals surface area contributed by atoms with Gasteiger partial charge in [-0.15, -0.1) is 0 Å². The lowest BCUT2D eigenvalue weighted by Crippen LogP contribution is -2.36. The van der Waals surface area contributed by atoms with Crippen molar-refractivity contribution >= 4 is 40.5 Å². The van der Waals surface area contributed by atoms with E-state index in [-0.39, 0.29) is 16.7 Å². The third kappa shape index (κ3) is 3.43. The number of anilines is 1. The summed E-state index contributed by atoms with van der Waals surface area (Å²) < 4.78 is 13.7. The van der Waals surface area contributed by atoms with Crippen LogP contribution in [-0.2, 0) is 5.54 Å². The highest BCUT2D eigenvalue weighted by Gasteiger charge is 2.30. The highest BCUT2D eigenvalue weighted by molar-refractivity contribution is 6.35. The van der Waals surface area contributed by atoms with Gasteiger partial charge in [-0.05, 0) is 31.2 Å². The van der Waals surface area contributed by atoms with Crippen LogP contribution in [0.4, 0.5) is 10.1 Å². The molecule has 2 nitrogen and oxygen atoms in total. The maximum Gasteiger partial charge on any atom is 0.142 e. The Morgan fingerprint density at radius 1 is 1.10 bits per heavy atom. The molecule has 2 aromatic carbocycles. The summed E-state index contributed by atoms with van der Waals surface area (Å²) in [5, 5.41) is 13.5. The van der Waals surface area contributed by atoms with Crippen molar-refractivity contribution in [3.8, 4) is 0 Å². The third-order valence-electron chi connectivity index (χ3n) is 3.21. The van der Waals surface area contributed by atoms with Gasteiger partial charge in [-0.1, -0.05) is 46.9 Å². The summed E-state index contributed by atoms with van der Waals surface area (Å²) in [5.74, 6) is -0.600. The Kier molecular flexibility index (Phi) is 4.99. The molecule has 0 amide bonds. The van der Waals surface area contributed by atoms with Crippen LogP contribution in [0.2, 0.25) is 15.1 Å². The van der Waals surface area contributed by atoms with E-state index in [1.54, 1.807) is 31.2 Å². The van der Waals surface area contributed by atoms with E-state index in [9.17, 15) is 9.50 Å². The van der Waals surface area contributed by atoms with Crippen LogP contribution in [0.5, 0.6) is 0 Å². The maximum atomic E-state index is 13.7. The monoisotopic (exact) mass is 347 g/mol. The van der Waals surface area contributed by atoms with Crippen molar-refractivity contribution in [1.82, 2.24) is 0 Å². The van der Waals surface area contributed by atoms with Crippen molar-refractivity contribution in [1.29, 1.82) is 0 Å². The van der Waals surface area contributed by atoms with Gasteiger partial charge in [0, 0.05) is 10.6 Å². The highest BCUT2D eigenvalue weighted by Crippen LogP contribution is 2.35. The van der Waals surface area contributed by atoms with Gasteiger partial charge in [0.1, 0.15) is 5.82 Å². The van der Waals surface area contributed by atoms with Gasteiger partial charge in [-0.2, -0.15) is 0 Å². The minimum Gasteiger partial charge on any atom is -0.394 e. The van der Waals surface area contributed by atoms with Crippen LogP contribution < -0.4 is 5.32 Å². The second-order valence-corrected chi connectivity index (χ2v) is 6.06. The van der Waals surface area contributed by atoms with Gasteiger partial charge in [-0.25, -0.2) is 4.39 Å². The summed E-state index contributed by atoms with van der Waals surface area (Å²) in [6, 6.07) is 9.59. The molecule has 2 N–H and O–H groups in total. The average Bonchev–Trinajstić information content (AvgIpc) is 2.45. The molecule has 112 valence electrons. The summed E-state index contributed by atoms with van der Waals surface area (Å²) >= 11 is 17.9. The molecule has 0 aliphatic rings. The molecule has 2 rings (SSSR count). The zero-order valence-electron chi connectivity index (χ0n) is 11.1. The molecule has 0 saturated carbocycles. The smallest absolute Gasteiger partial charge is 0.142 e. The Labute approximate surface area is 137 Å². The number of hydrogen-bond donors (Lipinski definition) is 2. The molecule has 1 unspecified atom stereocenters. The summed E-state index contributed by atoms with van der Waals surface area (Å²) in [4.78, 5) is 0. The lowest BCUT2D eigenvalue weighted by atomic mass is 9.92. The van der Waals surface area contributed by atoms with Crippen LogP contribution in [0.1, 0.15) is 12.5 Å². The average molecular weight is 349 g/mol. The number of aliphatic hydroxyl groups excluding tert-OH is 1. The maximum absolute atomic E-state index is 13.7. The number of nitrogens with one attached hydrogen (secondary N) is 1. The Morgan fingerprint density at radius 3 is 2.38 bits per heavy atom. The fraction of sp³-hybridized carbons (Fsp3) is 0.200. The van der Waals surface area contributed by atoms with Crippen LogP contribution in [0.25, 0.3) is 0 Å². The van der Waals surface area contributed by atoms with Crippen LogP contribution in [0, 0.1) is 5.82 Å². The number of aliphatic hydroxyl groups is 1. The molecular weight excluding hydrogens is 336 g/mol. The molecular formula is C15H13Cl3FNO. The van der Waals surface area contributed by atoms with E-state index in [1.807, 2.05) is 0 Å². The van der Waals surface area contributed by atoms with E-state index in [0.29, 0.717) is 16.3 Å². The fourth-order valence-corrected chi connectivity index (χ4v) is 2.77. The largest absolute Gasteiger partial charge is 0.394 e. The molecule has 0 heterocycles. The predicted octanol–water partition coefficient (Wildman–Crippen LogP) is 5.11. The Bertz CT molecular complexity index is 665. The standard InChI is InChI=1S/C15H13Cl3FNO/c1-15(8-21,20-14-5-3-2-4-10(14)16)9-6-13(19)12(18)7-11(9)17/h2-7,20-21H,8H2,1H3. The second-order valence-electron chi connectivity index (χ2n) is 4.84. The predicted molar refractivity (Wildman–Crippen MR) is 85.9 cm³/mol. The lowest BCUT2D eigenvalue weighted by Gasteiger charge is -2.32. The molecule has 1 atom stereocenters. The zero-order chi connectivity index (χ0) is 15.6. The molecule has 0 radical (unpaired) electrons. The van der Waals surface area contributed by atoms with Crippen molar-refractivity contribution in [2.75, 3.05) is 11.9 Å². The number of benzene rings is 2. The van der Waals surface area contributed by atoms with Crippen molar-refractivity contribution in [2.45, 2.75) is 12.5 Å². The van der Waals surface area contributed by atoms with Gasteiger partial charge in [0.25, 0.3) is 0 Å². The first kappa shape index (κ1) is 16.4.